The molecule has 2 aromatic carbocycles. The van der Waals surface area contributed by atoms with Gasteiger partial charge in [-0.1, -0.05) is 36.4 Å². The molecule has 0 N–H and O–H groups in total. The summed E-state index contributed by atoms with van der Waals surface area (Å²) in [5.41, 5.74) is 5.00. The van der Waals surface area contributed by atoms with Gasteiger partial charge < -0.3 is 4.57 Å². The van der Waals surface area contributed by atoms with Gasteiger partial charge in [0.05, 0.1) is 23.1 Å². The molecule has 3 heterocycles. The highest BCUT2D eigenvalue weighted by Gasteiger charge is 2.35. The molecule has 2 aliphatic rings. The number of para-hydroxylation sites is 2. The Morgan fingerprint density at radius 3 is 2.67 bits per heavy atom. The van der Waals surface area contributed by atoms with Crippen LogP contribution in [-0.2, 0) is 6.54 Å². The highest BCUT2D eigenvalue weighted by Crippen LogP contribution is 2.34. The molecule has 21 heavy (non-hydrogen) atoms. The molecule has 0 saturated carbocycles. The molecule has 3 nitrogen and oxygen atoms in total. The quantitative estimate of drug-likeness (QED) is 0.663. The van der Waals surface area contributed by atoms with Crippen LogP contribution < -0.4 is 5.01 Å². The van der Waals surface area contributed by atoms with E-state index in [4.69, 9.17) is 5.10 Å². The van der Waals surface area contributed by atoms with Crippen LogP contribution in [0.1, 0.15) is 12.1 Å². The smallest absolute Gasteiger partial charge is 0.0868 e. The second-order valence-corrected chi connectivity index (χ2v) is 5.78. The number of nitrogens with zero attached hydrogens (tertiary/aromatic N) is 3. The Morgan fingerprint density at radius 2 is 1.76 bits per heavy atom. The second kappa shape index (κ2) is 3.98. The van der Waals surface area contributed by atoms with Gasteiger partial charge in [-0.3, -0.25) is 5.01 Å². The van der Waals surface area contributed by atoms with Crippen LogP contribution in [0.25, 0.3) is 10.9 Å². The van der Waals surface area contributed by atoms with E-state index in [9.17, 15) is 0 Å². The van der Waals surface area contributed by atoms with Gasteiger partial charge in [0.1, 0.15) is 0 Å². The van der Waals surface area contributed by atoms with Crippen LogP contribution in [0.4, 0.5) is 5.69 Å². The molecule has 0 aliphatic carbocycles. The molecular weight excluding hydrogens is 258 g/mol. The molecule has 0 radical (unpaired) electrons. The number of fused-ring (bicyclic) bond motifs is 6. The predicted octanol–water partition coefficient (Wildman–Crippen LogP) is 3.64. The summed E-state index contributed by atoms with van der Waals surface area (Å²) in [7, 11) is 0. The lowest BCUT2D eigenvalue weighted by Gasteiger charge is -2.26. The number of hydrogen-bond acceptors (Lipinski definition) is 2. The summed E-state index contributed by atoms with van der Waals surface area (Å²) in [5.74, 6) is 0. The number of rotatable bonds is 1. The van der Waals surface area contributed by atoms with E-state index in [0.29, 0.717) is 6.04 Å². The number of hydrazone groups is 1. The monoisotopic (exact) mass is 273 g/mol. The van der Waals surface area contributed by atoms with Gasteiger partial charge >= 0.3 is 0 Å². The lowest BCUT2D eigenvalue weighted by Crippen LogP contribution is -2.33. The standard InChI is InChI=1S/C18H15N3/c1-2-7-14(8-3-1)21-15-11-16(19-21)18-10-13-6-4-5-9-17(13)20(18)12-15/h1-10,15H,11-12H2. The first-order chi connectivity index (χ1) is 10.4. The topological polar surface area (TPSA) is 20.5 Å². The van der Waals surface area contributed by atoms with Crippen molar-refractivity contribution in [1.29, 1.82) is 0 Å². The van der Waals surface area contributed by atoms with E-state index in [1.807, 2.05) is 0 Å². The largest absolute Gasteiger partial charge is 0.337 e. The van der Waals surface area contributed by atoms with Crippen molar-refractivity contribution < 1.29 is 0 Å². The Morgan fingerprint density at radius 1 is 0.952 bits per heavy atom. The number of aromatic nitrogens is 1. The fraction of sp³-hybridized carbons (Fsp3) is 0.167. The Kier molecular flexibility index (Phi) is 2.11. The molecule has 2 aliphatic heterocycles. The van der Waals surface area contributed by atoms with E-state index < -0.39 is 0 Å². The lowest BCUT2D eigenvalue weighted by atomic mass is 10.0. The van der Waals surface area contributed by atoms with E-state index in [1.54, 1.807) is 0 Å². The van der Waals surface area contributed by atoms with Gasteiger partial charge in [0.15, 0.2) is 0 Å². The fourth-order valence-corrected chi connectivity index (χ4v) is 3.57. The summed E-state index contributed by atoms with van der Waals surface area (Å²) in [6, 6.07) is 21.8. The molecule has 102 valence electrons. The normalized spacial score (nSPS) is 19.7. The summed E-state index contributed by atoms with van der Waals surface area (Å²) < 4.78 is 2.42. The van der Waals surface area contributed by atoms with Crippen molar-refractivity contribution in [2.75, 3.05) is 5.01 Å². The molecule has 5 rings (SSSR count). The summed E-state index contributed by atoms with van der Waals surface area (Å²) >= 11 is 0. The summed E-state index contributed by atoms with van der Waals surface area (Å²) in [6.07, 6.45) is 1.05. The summed E-state index contributed by atoms with van der Waals surface area (Å²) in [4.78, 5) is 0. The minimum atomic E-state index is 0.436. The van der Waals surface area contributed by atoms with E-state index >= 15 is 0 Å². The predicted molar refractivity (Wildman–Crippen MR) is 85.8 cm³/mol. The zero-order valence-electron chi connectivity index (χ0n) is 11.6. The Balaban J connectivity index is 1.66. The van der Waals surface area contributed by atoms with Crippen LogP contribution in [0.5, 0.6) is 0 Å². The van der Waals surface area contributed by atoms with Crippen LogP contribution >= 0.6 is 0 Å². The minimum Gasteiger partial charge on any atom is -0.337 e. The van der Waals surface area contributed by atoms with Crippen molar-refractivity contribution in [3.05, 3.63) is 66.4 Å². The molecule has 3 heteroatoms. The molecular formula is C18H15N3. The molecule has 1 unspecified atom stereocenters. The first-order valence-corrected chi connectivity index (χ1v) is 7.40. The fourth-order valence-electron chi connectivity index (χ4n) is 3.57. The highest BCUT2D eigenvalue weighted by atomic mass is 15.5. The third-order valence-electron chi connectivity index (χ3n) is 4.52. The van der Waals surface area contributed by atoms with E-state index in [1.165, 1.54) is 28.0 Å². The van der Waals surface area contributed by atoms with E-state index in [0.717, 1.165) is 13.0 Å². The van der Waals surface area contributed by atoms with Crippen LogP contribution in [0, 0.1) is 0 Å². The van der Waals surface area contributed by atoms with Crippen molar-refractivity contribution >= 4 is 22.3 Å². The first kappa shape index (κ1) is 11.1. The molecule has 0 saturated heterocycles. The Labute approximate surface area is 123 Å². The average Bonchev–Trinajstić information content (AvgIpc) is 3.09. The van der Waals surface area contributed by atoms with Crippen LogP contribution in [-0.4, -0.2) is 16.3 Å². The average molecular weight is 273 g/mol. The maximum Gasteiger partial charge on any atom is 0.0868 e. The lowest BCUT2D eigenvalue weighted by molar-refractivity contribution is 0.548. The zero-order chi connectivity index (χ0) is 13.8. The van der Waals surface area contributed by atoms with Gasteiger partial charge in [-0.05, 0) is 24.3 Å². The third kappa shape index (κ3) is 1.51. The van der Waals surface area contributed by atoms with E-state index in [-0.39, 0.29) is 0 Å². The van der Waals surface area contributed by atoms with E-state index in [2.05, 4.69) is 70.2 Å². The first-order valence-electron chi connectivity index (χ1n) is 7.40. The molecule has 0 spiro atoms. The van der Waals surface area contributed by atoms with Crippen LogP contribution in [0.2, 0.25) is 0 Å². The summed E-state index contributed by atoms with van der Waals surface area (Å²) in [5, 5.41) is 8.39. The number of hydrogen-bond donors (Lipinski definition) is 0. The van der Waals surface area contributed by atoms with Crippen LogP contribution in [0.3, 0.4) is 0 Å². The molecule has 3 aromatic rings. The Bertz CT molecular complexity index is 861. The minimum absolute atomic E-state index is 0.436. The van der Waals surface area contributed by atoms with Crippen molar-refractivity contribution in [3.63, 3.8) is 0 Å². The van der Waals surface area contributed by atoms with Gasteiger partial charge in [0.25, 0.3) is 0 Å². The SMILES string of the molecule is c1ccc(N2N=C3CC2Cn2c3cc3ccccc32)cc1. The maximum atomic E-state index is 4.89. The van der Waals surface area contributed by atoms with Crippen molar-refractivity contribution in [3.8, 4) is 0 Å². The molecule has 0 amide bonds. The van der Waals surface area contributed by atoms with Gasteiger partial charge in [-0.25, -0.2) is 0 Å². The van der Waals surface area contributed by atoms with Crippen molar-refractivity contribution in [1.82, 2.24) is 4.57 Å². The molecule has 0 fully saturated rings. The Hall–Kier alpha value is -2.55. The number of anilines is 1. The number of benzene rings is 2. The zero-order valence-corrected chi connectivity index (χ0v) is 11.6. The van der Waals surface area contributed by atoms with Gasteiger partial charge in [-0.2, -0.15) is 5.10 Å². The highest BCUT2D eigenvalue weighted by molar-refractivity contribution is 6.06. The third-order valence-corrected chi connectivity index (χ3v) is 4.52. The maximum absolute atomic E-state index is 4.89. The van der Waals surface area contributed by atoms with Gasteiger partial charge in [-0.15, -0.1) is 0 Å². The van der Waals surface area contributed by atoms with Crippen molar-refractivity contribution in [2.45, 2.75) is 19.0 Å². The molecule has 1 aromatic heterocycles. The van der Waals surface area contributed by atoms with Crippen molar-refractivity contribution in [2.24, 2.45) is 5.10 Å². The summed E-state index contributed by atoms with van der Waals surface area (Å²) in [6.45, 7) is 1.00. The molecule has 2 bridgehead atoms. The second-order valence-electron chi connectivity index (χ2n) is 5.78. The van der Waals surface area contributed by atoms with Gasteiger partial charge in [0.2, 0.25) is 0 Å². The molecule has 1 atom stereocenters. The van der Waals surface area contributed by atoms with Gasteiger partial charge in [0, 0.05) is 23.9 Å². The van der Waals surface area contributed by atoms with Crippen LogP contribution in [0.15, 0.2) is 65.8 Å².